The summed E-state index contributed by atoms with van der Waals surface area (Å²) in [6.07, 6.45) is 3.47. The standard InChI is InChI=1S/C44H42N4O6/c1-4-26-13-27(24-53-41-20-35-33(18-39(41)51-2)43(49)47-31(22-45-35)16-29-9-5-7-11-37(29)47)15-28(14-26)25-54-42-21-36-34(19-40(42)52-3)44(50)48-32(23-46-36)17-30-10-6-8-12-38(30)48/h5-15,18-22,31-32,43,46,49H,4,16-17,23-25H2,1-3H3/t31?,32-,43?/m0/s1. The lowest BCUT2D eigenvalue weighted by molar-refractivity contribution is 0.0983. The topological polar surface area (TPSA) is 105 Å². The molecule has 0 bridgehead atoms. The smallest absolute Gasteiger partial charge is 0.260 e. The Morgan fingerprint density at radius 2 is 1.43 bits per heavy atom. The van der Waals surface area contributed by atoms with E-state index >= 15 is 0 Å². The van der Waals surface area contributed by atoms with E-state index in [0.29, 0.717) is 59.6 Å². The van der Waals surface area contributed by atoms with E-state index in [0.717, 1.165) is 53.0 Å². The quantitative estimate of drug-likeness (QED) is 0.161. The SMILES string of the molecule is CCc1cc(COc2cc3c(cc2OC)C(O)N2c4ccccc4CC2C=N3)cc(COc2cc3c(cc2OC)C(=O)N2c4ccccc4C[C@H]2CN3)c1. The third kappa shape index (κ3) is 5.87. The van der Waals surface area contributed by atoms with Crippen LogP contribution in [0.3, 0.4) is 0 Å². The summed E-state index contributed by atoms with van der Waals surface area (Å²) in [5.41, 5.74) is 10.1. The van der Waals surface area contributed by atoms with Gasteiger partial charge in [0, 0.05) is 48.3 Å². The number of amides is 1. The second kappa shape index (κ2) is 13.8. The van der Waals surface area contributed by atoms with E-state index in [1.807, 2.05) is 70.6 Å². The summed E-state index contributed by atoms with van der Waals surface area (Å²) in [5, 5.41) is 15.1. The van der Waals surface area contributed by atoms with Gasteiger partial charge in [-0.2, -0.15) is 0 Å². The maximum atomic E-state index is 13.9. The Balaban J connectivity index is 0.930. The number of anilines is 3. The Bertz CT molecular complexity index is 2310. The van der Waals surface area contributed by atoms with Gasteiger partial charge in [0.1, 0.15) is 13.2 Å². The molecule has 4 aliphatic heterocycles. The number of aliphatic hydroxyl groups excluding tert-OH is 1. The molecule has 0 aliphatic carbocycles. The Kier molecular flexibility index (Phi) is 8.62. The van der Waals surface area contributed by atoms with Gasteiger partial charge >= 0.3 is 0 Å². The Morgan fingerprint density at radius 3 is 2.15 bits per heavy atom. The number of aliphatic imine (C=N–C) groups is 1. The van der Waals surface area contributed by atoms with Gasteiger partial charge in [0.15, 0.2) is 29.2 Å². The number of carbonyl (C=O) groups is 1. The highest BCUT2D eigenvalue weighted by atomic mass is 16.5. The number of hydrogen-bond acceptors (Lipinski definition) is 9. The molecule has 10 nitrogen and oxygen atoms in total. The van der Waals surface area contributed by atoms with Crippen LogP contribution in [-0.2, 0) is 32.5 Å². The van der Waals surface area contributed by atoms with Crippen molar-refractivity contribution in [3.05, 3.63) is 130 Å². The second-order valence-corrected chi connectivity index (χ2v) is 14.2. The molecule has 5 aromatic carbocycles. The Morgan fingerprint density at radius 1 is 0.778 bits per heavy atom. The molecular weight excluding hydrogens is 681 g/mol. The van der Waals surface area contributed by atoms with Crippen molar-refractivity contribution in [2.45, 2.75) is 57.7 Å². The van der Waals surface area contributed by atoms with Gasteiger partial charge in [0.05, 0.1) is 43.2 Å². The zero-order valence-electron chi connectivity index (χ0n) is 30.5. The van der Waals surface area contributed by atoms with Gasteiger partial charge in [-0.25, -0.2) is 0 Å². The van der Waals surface area contributed by atoms with Crippen LogP contribution in [0.2, 0.25) is 0 Å². The molecule has 0 radical (unpaired) electrons. The number of ether oxygens (including phenoxy) is 4. The normalized spacial score (nSPS) is 19.0. The van der Waals surface area contributed by atoms with Crippen LogP contribution in [0.4, 0.5) is 22.7 Å². The molecule has 54 heavy (non-hydrogen) atoms. The maximum absolute atomic E-state index is 13.9. The van der Waals surface area contributed by atoms with Crippen LogP contribution in [0.1, 0.15) is 56.9 Å². The van der Waals surface area contributed by atoms with E-state index in [2.05, 4.69) is 42.6 Å². The number of aryl methyl sites for hydroxylation is 1. The van der Waals surface area contributed by atoms with Crippen LogP contribution in [0.5, 0.6) is 23.0 Å². The molecule has 274 valence electrons. The number of nitrogens with zero attached hydrogens (tertiary/aromatic N) is 3. The lowest BCUT2D eigenvalue weighted by Gasteiger charge is -2.29. The molecule has 5 aromatic rings. The van der Waals surface area contributed by atoms with Gasteiger partial charge in [0.25, 0.3) is 5.91 Å². The number of aliphatic hydroxyl groups is 1. The van der Waals surface area contributed by atoms with Crippen molar-refractivity contribution in [2.75, 3.05) is 35.9 Å². The monoisotopic (exact) mass is 722 g/mol. The minimum atomic E-state index is -0.882. The van der Waals surface area contributed by atoms with E-state index < -0.39 is 6.23 Å². The van der Waals surface area contributed by atoms with Crippen LogP contribution >= 0.6 is 0 Å². The van der Waals surface area contributed by atoms with E-state index in [-0.39, 0.29) is 18.0 Å². The largest absolute Gasteiger partial charge is 0.493 e. The van der Waals surface area contributed by atoms with Crippen molar-refractivity contribution >= 4 is 34.9 Å². The highest BCUT2D eigenvalue weighted by Gasteiger charge is 2.38. The van der Waals surface area contributed by atoms with E-state index in [9.17, 15) is 9.90 Å². The molecule has 3 atom stereocenters. The van der Waals surface area contributed by atoms with Gasteiger partial charge in [-0.3, -0.25) is 9.79 Å². The number of rotatable bonds is 9. The number of para-hydroxylation sites is 2. The molecule has 0 fully saturated rings. The zero-order chi connectivity index (χ0) is 36.9. The predicted molar refractivity (Wildman–Crippen MR) is 209 cm³/mol. The highest BCUT2D eigenvalue weighted by Crippen LogP contribution is 2.45. The van der Waals surface area contributed by atoms with Crippen molar-refractivity contribution in [1.29, 1.82) is 0 Å². The summed E-state index contributed by atoms with van der Waals surface area (Å²) in [4.78, 5) is 22.6. The molecular formula is C44H42N4O6. The van der Waals surface area contributed by atoms with Crippen molar-refractivity contribution in [3.63, 3.8) is 0 Å². The molecule has 9 rings (SSSR count). The molecule has 2 unspecified atom stereocenters. The molecule has 4 aliphatic rings. The summed E-state index contributed by atoms with van der Waals surface area (Å²) >= 11 is 0. The number of methoxy groups -OCH3 is 2. The number of benzene rings is 5. The van der Waals surface area contributed by atoms with Crippen molar-refractivity contribution in [1.82, 2.24) is 0 Å². The van der Waals surface area contributed by atoms with Gasteiger partial charge in [-0.15, -0.1) is 0 Å². The van der Waals surface area contributed by atoms with Gasteiger partial charge in [-0.1, -0.05) is 55.5 Å². The number of nitrogens with one attached hydrogen (secondary N) is 1. The molecule has 0 aromatic heterocycles. The molecule has 10 heteroatoms. The fourth-order valence-corrected chi connectivity index (χ4v) is 8.29. The molecule has 0 saturated heterocycles. The fourth-order valence-electron chi connectivity index (χ4n) is 8.29. The summed E-state index contributed by atoms with van der Waals surface area (Å²) in [6.45, 7) is 3.34. The van der Waals surface area contributed by atoms with Crippen molar-refractivity contribution < 1.29 is 28.8 Å². The van der Waals surface area contributed by atoms with E-state index in [1.165, 1.54) is 11.1 Å². The van der Waals surface area contributed by atoms with Crippen LogP contribution in [0.15, 0.2) is 96.0 Å². The van der Waals surface area contributed by atoms with Gasteiger partial charge in [0.2, 0.25) is 0 Å². The van der Waals surface area contributed by atoms with Crippen LogP contribution in [0, 0.1) is 0 Å². The molecule has 2 N–H and O–H groups in total. The summed E-state index contributed by atoms with van der Waals surface area (Å²) < 4.78 is 24.3. The minimum Gasteiger partial charge on any atom is -0.493 e. The van der Waals surface area contributed by atoms with Crippen molar-refractivity contribution in [2.24, 2.45) is 4.99 Å². The lowest BCUT2D eigenvalue weighted by Crippen LogP contribution is -2.39. The third-order valence-electron chi connectivity index (χ3n) is 11.0. The summed E-state index contributed by atoms with van der Waals surface area (Å²) in [5.74, 6) is 2.08. The fraction of sp³-hybridized carbons (Fsp3) is 0.273. The lowest BCUT2D eigenvalue weighted by atomic mass is 10.0. The third-order valence-corrected chi connectivity index (χ3v) is 11.0. The maximum Gasteiger partial charge on any atom is 0.260 e. The number of carbonyl (C=O) groups excluding carboxylic acids is 1. The first-order chi connectivity index (χ1) is 26.4. The summed E-state index contributed by atoms with van der Waals surface area (Å²) in [6, 6.07) is 29.9. The van der Waals surface area contributed by atoms with E-state index in [4.69, 9.17) is 23.9 Å². The molecule has 0 saturated carbocycles. The Labute approximate surface area is 314 Å². The highest BCUT2D eigenvalue weighted by molar-refractivity contribution is 6.12. The summed E-state index contributed by atoms with van der Waals surface area (Å²) in [7, 11) is 3.20. The van der Waals surface area contributed by atoms with Crippen LogP contribution in [0.25, 0.3) is 0 Å². The first kappa shape index (κ1) is 33.8. The number of fused-ring (bicyclic) bond motifs is 8. The zero-order valence-corrected chi connectivity index (χ0v) is 30.5. The average molecular weight is 723 g/mol. The second-order valence-electron chi connectivity index (χ2n) is 14.2. The first-order valence-corrected chi connectivity index (χ1v) is 18.5. The minimum absolute atomic E-state index is 0.0380. The molecule has 0 spiro atoms. The molecule has 1 amide bonds. The average Bonchev–Trinajstić information content (AvgIpc) is 3.70. The first-order valence-electron chi connectivity index (χ1n) is 18.5. The van der Waals surface area contributed by atoms with E-state index in [1.54, 1.807) is 20.3 Å². The van der Waals surface area contributed by atoms with Gasteiger partial charge in [-0.05, 0) is 71.0 Å². The number of hydrogen-bond donors (Lipinski definition) is 2. The van der Waals surface area contributed by atoms with Gasteiger partial charge < -0.3 is 39.2 Å². The van der Waals surface area contributed by atoms with Crippen molar-refractivity contribution in [3.8, 4) is 23.0 Å². The van der Waals surface area contributed by atoms with Crippen LogP contribution in [-0.4, -0.2) is 50.1 Å². The predicted octanol–water partition coefficient (Wildman–Crippen LogP) is 7.56. The van der Waals surface area contributed by atoms with Crippen LogP contribution < -0.4 is 34.1 Å². The Hall–Kier alpha value is -6.00. The molecule has 4 heterocycles.